The molecule has 2 aromatic rings. The molecule has 1 saturated heterocycles. The topological polar surface area (TPSA) is 48.5 Å². The van der Waals surface area contributed by atoms with E-state index in [1.807, 2.05) is 47.5 Å². The number of piperazine rings is 1. The quantitative estimate of drug-likeness (QED) is 0.922. The summed E-state index contributed by atoms with van der Waals surface area (Å²) in [6.45, 7) is 4.11. The molecule has 2 aliphatic heterocycles. The summed E-state index contributed by atoms with van der Waals surface area (Å²) in [7, 11) is 0. The van der Waals surface area contributed by atoms with Crippen LogP contribution in [0.5, 0.6) is 0 Å². The lowest BCUT2D eigenvalue weighted by molar-refractivity contribution is 0.0746. The van der Waals surface area contributed by atoms with E-state index >= 15 is 0 Å². The summed E-state index contributed by atoms with van der Waals surface area (Å²) in [5.74, 6) is 1.13. The number of carbonyl (C=O) groups is 1. The lowest BCUT2D eigenvalue weighted by atomic mass is 10.1. The summed E-state index contributed by atoms with van der Waals surface area (Å²) < 4.78 is 0. The maximum atomic E-state index is 12.7. The summed E-state index contributed by atoms with van der Waals surface area (Å²) in [6, 6.07) is 11.9. The van der Waals surface area contributed by atoms with E-state index < -0.39 is 0 Å². The summed E-state index contributed by atoms with van der Waals surface area (Å²) in [5.41, 5.74) is 3.23. The number of carbonyl (C=O) groups excluding carboxylic acids is 1. The van der Waals surface area contributed by atoms with Gasteiger partial charge in [0.1, 0.15) is 5.82 Å². The van der Waals surface area contributed by atoms with Crippen LogP contribution in [0.3, 0.4) is 0 Å². The van der Waals surface area contributed by atoms with Crippen LogP contribution < -0.4 is 10.2 Å². The van der Waals surface area contributed by atoms with E-state index in [1.54, 1.807) is 0 Å². The van der Waals surface area contributed by atoms with E-state index in [4.69, 9.17) is 0 Å². The number of amides is 1. The Morgan fingerprint density at radius 3 is 2.74 bits per heavy atom. The Balaban J connectivity index is 1.43. The normalized spacial score (nSPS) is 16.9. The van der Waals surface area contributed by atoms with Crippen LogP contribution in [0.1, 0.15) is 15.9 Å². The third-order valence-corrected chi connectivity index (χ3v) is 4.60. The maximum absolute atomic E-state index is 12.7. The van der Waals surface area contributed by atoms with Crippen LogP contribution in [0, 0.1) is 0 Å². The van der Waals surface area contributed by atoms with Gasteiger partial charge in [0.2, 0.25) is 0 Å². The van der Waals surface area contributed by atoms with Crippen molar-refractivity contribution in [3.8, 4) is 0 Å². The van der Waals surface area contributed by atoms with Crippen molar-refractivity contribution in [1.29, 1.82) is 0 Å². The van der Waals surface area contributed by atoms with E-state index in [1.165, 1.54) is 11.3 Å². The molecule has 0 aliphatic carbocycles. The molecule has 3 heterocycles. The maximum Gasteiger partial charge on any atom is 0.253 e. The summed E-state index contributed by atoms with van der Waals surface area (Å²) in [6.07, 6.45) is 2.81. The van der Waals surface area contributed by atoms with Crippen LogP contribution in [0.2, 0.25) is 0 Å². The van der Waals surface area contributed by atoms with Crippen molar-refractivity contribution < 1.29 is 4.79 Å². The summed E-state index contributed by atoms with van der Waals surface area (Å²) in [4.78, 5) is 21.3. The largest absolute Gasteiger partial charge is 0.384 e. The first-order valence-electron chi connectivity index (χ1n) is 8.13. The number of anilines is 2. The number of nitrogens with one attached hydrogen (secondary N) is 1. The van der Waals surface area contributed by atoms with Crippen molar-refractivity contribution in [1.82, 2.24) is 9.88 Å². The molecular weight excluding hydrogens is 288 g/mol. The second-order valence-electron chi connectivity index (χ2n) is 6.02. The van der Waals surface area contributed by atoms with Gasteiger partial charge in [-0.1, -0.05) is 6.07 Å². The SMILES string of the molecule is O=C(c1ccc2c(c1)CCN2)N1CCN(c2ccccn2)CC1. The number of fused-ring (bicyclic) bond motifs is 1. The Morgan fingerprint density at radius 2 is 1.96 bits per heavy atom. The third kappa shape index (κ3) is 2.74. The van der Waals surface area contributed by atoms with E-state index in [9.17, 15) is 4.79 Å². The molecular formula is C18H20N4O. The molecule has 4 rings (SSSR count). The van der Waals surface area contributed by atoms with Crippen molar-refractivity contribution >= 4 is 17.4 Å². The molecule has 1 aromatic heterocycles. The number of aromatic nitrogens is 1. The summed E-state index contributed by atoms with van der Waals surface area (Å²) in [5, 5.41) is 3.33. The molecule has 1 N–H and O–H groups in total. The highest BCUT2D eigenvalue weighted by Gasteiger charge is 2.23. The highest BCUT2D eigenvalue weighted by atomic mass is 16.2. The van der Waals surface area contributed by atoms with Gasteiger partial charge in [0.15, 0.2) is 0 Å². The Labute approximate surface area is 135 Å². The zero-order valence-corrected chi connectivity index (χ0v) is 13.0. The van der Waals surface area contributed by atoms with Crippen LogP contribution in [-0.4, -0.2) is 48.5 Å². The monoisotopic (exact) mass is 308 g/mol. The molecule has 0 saturated carbocycles. The van der Waals surface area contributed by atoms with Crippen LogP contribution in [-0.2, 0) is 6.42 Å². The molecule has 1 fully saturated rings. The van der Waals surface area contributed by atoms with Crippen molar-refractivity contribution in [2.45, 2.75) is 6.42 Å². The highest BCUT2D eigenvalue weighted by molar-refractivity contribution is 5.95. The second-order valence-corrected chi connectivity index (χ2v) is 6.02. The fourth-order valence-electron chi connectivity index (χ4n) is 3.30. The molecule has 0 radical (unpaired) electrons. The van der Waals surface area contributed by atoms with Gasteiger partial charge in [-0.25, -0.2) is 4.98 Å². The average molecular weight is 308 g/mol. The van der Waals surface area contributed by atoms with Gasteiger partial charge in [-0.3, -0.25) is 4.79 Å². The zero-order valence-electron chi connectivity index (χ0n) is 13.0. The minimum atomic E-state index is 0.139. The van der Waals surface area contributed by atoms with Gasteiger partial charge in [-0.2, -0.15) is 0 Å². The van der Waals surface area contributed by atoms with Crippen molar-refractivity contribution in [3.63, 3.8) is 0 Å². The Hall–Kier alpha value is -2.56. The van der Waals surface area contributed by atoms with Crippen LogP contribution in [0.4, 0.5) is 11.5 Å². The van der Waals surface area contributed by atoms with E-state index in [-0.39, 0.29) is 5.91 Å². The fraction of sp³-hybridized carbons (Fsp3) is 0.333. The molecule has 1 aromatic carbocycles. The Morgan fingerprint density at radius 1 is 1.09 bits per heavy atom. The molecule has 5 nitrogen and oxygen atoms in total. The molecule has 118 valence electrons. The van der Waals surface area contributed by atoms with Gasteiger partial charge in [-0.05, 0) is 42.3 Å². The number of nitrogens with zero attached hydrogens (tertiary/aromatic N) is 3. The lowest BCUT2D eigenvalue weighted by Gasteiger charge is -2.35. The van der Waals surface area contributed by atoms with Crippen LogP contribution in [0.15, 0.2) is 42.6 Å². The van der Waals surface area contributed by atoms with Gasteiger partial charge in [0.25, 0.3) is 5.91 Å². The van der Waals surface area contributed by atoms with Gasteiger partial charge in [-0.15, -0.1) is 0 Å². The smallest absolute Gasteiger partial charge is 0.253 e. The Bertz CT molecular complexity index is 708. The average Bonchev–Trinajstić information content (AvgIpc) is 3.10. The van der Waals surface area contributed by atoms with E-state index in [0.29, 0.717) is 0 Å². The van der Waals surface area contributed by atoms with Crippen molar-refractivity contribution in [3.05, 3.63) is 53.7 Å². The number of pyridine rings is 1. The molecule has 2 aliphatic rings. The van der Waals surface area contributed by atoms with Crippen molar-refractivity contribution in [2.24, 2.45) is 0 Å². The molecule has 0 atom stereocenters. The first-order valence-corrected chi connectivity index (χ1v) is 8.13. The van der Waals surface area contributed by atoms with Crippen LogP contribution in [0.25, 0.3) is 0 Å². The van der Waals surface area contributed by atoms with Crippen LogP contribution >= 0.6 is 0 Å². The molecule has 0 unspecified atom stereocenters. The number of hydrogen-bond acceptors (Lipinski definition) is 4. The standard InChI is InChI=1S/C18H20N4O/c23-18(15-4-5-16-14(13-15)6-8-19-16)22-11-9-21(10-12-22)17-3-1-2-7-20-17/h1-5,7,13,19H,6,8-12H2. The predicted molar refractivity (Wildman–Crippen MR) is 91.0 cm³/mol. The molecule has 23 heavy (non-hydrogen) atoms. The number of rotatable bonds is 2. The minimum absolute atomic E-state index is 0.139. The number of benzene rings is 1. The predicted octanol–water partition coefficient (Wildman–Crippen LogP) is 2.01. The summed E-state index contributed by atoms with van der Waals surface area (Å²) >= 11 is 0. The van der Waals surface area contributed by atoms with Gasteiger partial charge >= 0.3 is 0 Å². The van der Waals surface area contributed by atoms with Gasteiger partial charge in [0.05, 0.1) is 0 Å². The molecule has 0 spiro atoms. The second kappa shape index (κ2) is 5.91. The first kappa shape index (κ1) is 14.1. The Kier molecular flexibility index (Phi) is 3.61. The highest BCUT2D eigenvalue weighted by Crippen LogP contribution is 2.24. The third-order valence-electron chi connectivity index (χ3n) is 4.60. The van der Waals surface area contributed by atoms with Gasteiger partial charge in [0, 0.05) is 50.2 Å². The van der Waals surface area contributed by atoms with Gasteiger partial charge < -0.3 is 15.1 Å². The number of hydrogen-bond donors (Lipinski definition) is 1. The van der Waals surface area contributed by atoms with E-state index in [2.05, 4.69) is 15.2 Å². The molecule has 0 bridgehead atoms. The lowest BCUT2D eigenvalue weighted by Crippen LogP contribution is -2.49. The minimum Gasteiger partial charge on any atom is -0.384 e. The fourth-order valence-corrected chi connectivity index (χ4v) is 3.30. The van der Waals surface area contributed by atoms with Crippen molar-refractivity contribution in [2.75, 3.05) is 42.9 Å². The first-order chi connectivity index (χ1) is 11.3. The molecule has 5 heteroatoms. The zero-order chi connectivity index (χ0) is 15.6. The van der Waals surface area contributed by atoms with E-state index in [0.717, 1.165) is 50.5 Å². The molecule has 1 amide bonds.